The first-order valence-corrected chi connectivity index (χ1v) is 6.31. The van der Waals surface area contributed by atoms with Crippen molar-refractivity contribution < 1.29 is 9.66 Å². The van der Waals surface area contributed by atoms with Crippen LogP contribution in [-0.2, 0) is 0 Å². The molecular formula is C11H9IN4O3. The number of hydrogen-bond acceptors (Lipinski definition) is 6. The third-order valence-electron chi connectivity index (χ3n) is 2.25. The average Bonchev–Trinajstić information content (AvgIpc) is 2.40. The van der Waals surface area contributed by atoms with Crippen molar-refractivity contribution in [2.24, 2.45) is 0 Å². The van der Waals surface area contributed by atoms with Gasteiger partial charge in [0.25, 0.3) is 0 Å². The molecule has 1 heterocycles. The molecule has 0 aliphatic rings. The van der Waals surface area contributed by atoms with Crippen LogP contribution < -0.4 is 10.1 Å². The summed E-state index contributed by atoms with van der Waals surface area (Å²) in [6.45, 7) is 0. The predicted molar refractivity (Wildman–Crippen MR) is 77.5 cm³/mol. The van der Waals surface area contributed by atoms with Gasteiger partial charge in [-0.3, -0.25) is 10.1 Å². The quantitative estimate of drug-likeness (QED) is 0.504. The van der Waals surface area contributed by atoms with Crippen LogP contribution in [0.25, 0.3) is 0 Å². The van der Waals surface area contributed by atoms with Crippen LogP contribution in [0.4, 0.5) is 11.5 Å². The molecule has 1 N–H and O–H groups in total. The topological polar surface area (TPSA) is 90.2 Å². The molecule has 0 amide bonds. The third kappa shape index (κ3) is 2.89. The molecular weight excluding hydrogens is 363 g/mol. The predicted octanol–water partition coefficient (Wildman–Crippen LogP) is 2.82. The SMILES string of the molecule is CNc1ncnc(Oc2ccccc2I)c1[N+](=O)[O-]. The fourth-order valence-corrected chi connectivity index (χ4v) is 1.91. The van der Waals surface area contributed by atoms with E-state index < -0.39 is 4.92 Å². The van der Waals surface area contributed by atoms with Gasteiger partial charge in [-0.05, 0) is 34.7 Å². The van der Waals surface area contributed by atoms with Crippen LogP contribution in [0.1, 0.15) is 0 Å². The Hall–Kier alpha value is -1.97. The Bertz CT molecular complexity index is 621. The number of anilines is 1. The number of ether oxygens (including phenoxy) is 1. The third-order valence-corrected chi connectivity index (χ3v) is 3.14. The zero-order chi connectivity index (χ0) is 13.8. The Morgan fingerprint density at radius 1 is 1.37 bits per heavy atom. The summed E-state index contributed by atoms with van der Waals surface area (Å²) >= 11 is 2.08. The van der Waals surface area contributed by atoms with E-state index in [1.807, 2.05) is 12.1 Å². The van der Waals surface area contributed by atoms with Gasteiger partial charge in [0, 0.05) is 7.05 Å². The summed E-state index contributed by atoms with van der Waals surface area (Å²) in [5, 5.41) is 13.7. The Morgan fingerprint density at radius 3 is 2.74 bits per heavy atom. The van der Waals surface area contributed by atoms with Crippen LogP contribution in [0.2, 0.25) is 0 Å². The number of nitro groups is 1. The standard InChI is InChI=1S/C11H9IN4O3/c1-13-10-9(16(17)18)11(15-6-14-10)19-8-5-3-2-4-7(8)12/h2-6H,1H3,(H,13,14,15). The molecule has 0 spiro atoms. The van der Waals surface area contributed by atoms with Crippen molar-refractivity contribution in [2.75, 3.05) is 12.4 Å². The normalized spacial score (nSPS) is 10.0. The minimum Gasteiger partial charge on any atom is -0.432 e. The highest BCUT2D eigenvalue weighted by atomic mass is 127. The molecule has 19 heavy (non-hydrogen) atoms. The molecule has 0 saturated heterocycles. The summed E-state index contributed by atoms with van der Waals surface area (Å²) in [5.74, 6) is 0.529. The van der Waals surface area contributed by atoms with Crippen molar-refractivity contribution in [2.45, 2.75) is 0 Å². The second kappa shape index (κ2) is 5.78. The van der Waals surface area contributed by atoms with Gasteiger partial charge in [-0.2, -0.15) is 4.98 Å². The molecule has 2 rings (SSSR count). The number of aromatic nitrogens is 2. The monoisotopic (exact) mass is 372 g/mol. The lowest BCUT2D eigenvalue weighted by Gasteiger charge is -2.08. The van der Waals surface area contributed by atoms with E-state index in [2.05, 4.69) is 37.9 Å². The van der Waals surface area contributed by atoms with Crippen molar-refractivity contribution in [3.05, 3.63) is 44.3 Å². The molecule has 0 fully saturated rings. The molecule has 1 aromatic heterocycles. The van der Waals surface area contributed by atoms with Gasteiger partial charge in [0.2, 0.25) is 5.82 Å². The number of nitrogens with one attached hydrogen (secondary N) is 1. The number of hydrogen-bond donors (Lipinski definition) is 1. The van der Waals surface area contributed by atoms with Crippen molar-refractivity contribution >= 4 is 34.1 Å². The van der Waals surface area contributed by atoms with E-state index >= 15 is 0 Å². The van der Waals surface area contributed by atoms with Gasteiger partial charge in [0.05, 0.1) is 8.49 Å². The van der Waals surface area contributed by atoms with Gasteiger partial charge < -0.3 is 10.1 Å². The van der Waals surface area contributed by atoms with Gasteiger partial charge in [-0.25, -0.2) is 4.98 Å². The highest BCUT2D eigenvalue weighted by molar-refractivity contribution is 14.1. The van der Waals surface area contributed by atoms with Crippen molar-refractivity contribution in [1.29, 1.82) is 0 Å². The molecule has 7 nitrogen and oxygen atoms in total. The van der Waals surface area contributed by atoms with E-state index in [9.17, 15) is 10.1 Å². The maximum Gasteiger partial charge on any atom is 0.373 e. The minimum atomic E-state index is -0.572. The molecule has 0 atom stereocenters. The van der Waals surface area contributed by atoms with E-state index in [1.165, 1.54) is 6.33 Å². The summed E-state index contributed by atoms with van der Waals surface area (Å²) in [4.78, 5) is 18.1. The van der Waals surface area contributed by atoms with Crippen LogP contribution in [0.5, 0.6) is 11.6 Å². The van der Waals surface area contributed by atoms with Gasteiger partial charge in [-0.1, -0.05) is 12.1 Å². The van der Waals surface area contributed by atoms with Gasteiger partial charge >= 0.3 is 11.6 Å². The molecule has 0 radical (unpaired) electrons. The van der Waals surface area contributed by atoms with E-state index in [1.54, 1.807) is 19.2 Å². The van der Waals surface area contributed by atoms with Crippen LogP contribution in [0, 0.1) is 13.7 Å². The van der Waals surface area contributed by atoms with Crippen LogP contribution in [0.15, 0.2) is 30.6 Å². The molecule has 0 unspecified atom stereocenters. The van der Waals surface area contributed by atoms with Gasteiger partial charge in [0.15, 0.2) is 0 Å². The fourth-order valence-electron chi connectivity index (χ4n) is 1.42. The molecule has 8 heteroatoms. The number of halogens is 1. The lowest BCUT2D eigenvalue weighted by Crippen LogP contribution is -2.03. The fraction of sp³-hybridized carbons (Fsp3) is 0.0909. The number of nitrogens with zero attached hydrogens (tertiary/aromatic N) is 3. The summed E-state index contributed by atoms with van der Waals surface area (Å²) in [7, 11) is 1.55. The molecule has 98 valence electrons. The Balaban J connectivity index is 2.46. The zero-order valence-electron chi connectivity index (χ0n) is 9.83. The van der Waals surface area contributed by atoms with E-state index in [0.717, 1.165) is 3.57 Å². The summed E-state index contributed by atoms with van der Waals surface area (Å²) < 4.78 is 6.34. The molecule has 0 bridgehead atoms. The number of rotatable bonds is 4. The molecule has 0 aliphatic carbocycles. The smallest absolute Gasteiger partial charge is 0.373 e. The molecule has 1 aromatic carbocycles. The van der Waals surface area contributed by atoms with Crippen molar-refractivity contribution in [3.8, 4) is 11.6 Å². The van der Waals surface area contributed by atoms with Gasteiger partial charge in [0.1, 0.15) is 12.1 Å². The molecule has 2 aromatic rings. The van der Waals surface area contributed by atoms with E-state index in [-0.39, 0.29) is 17.4 Å². The summed E-state index contributed by atoms with van der Waals surface area (Å²) in [6, 6.07) is 7.18. The maximum atomic E-state index is 11.1. The first-order valence-electron chi connectivity index (χ1n) is 5.23. The first-order chi connectivity index (χ1) is 9.13. The summed E-state index contributed by atoms with van der Waals surface area (Å²) in [5.41, 5.74) is -0.287. The van der Waals surface area contributed by atoms with E-state index in [4.69, 9.17) is 4.74 Å². The largest absolute Gasteiger partial charge is 0.432 e. The Labute approximate surface area is 122 Å². The number of benzene rings is 1. The Morgan fingerprint density at radius 2 is 2.11 bits per heavy atom. The van der Waals surface area contributed by atoms with Crippen LogP contribution in [0.3, 0.4) is 0 Å². The summed E-state index contributed by atoms with van der Waals surface area (Å²) in [6.07, 6.45) is 1.21. The molecule has 0 saturated carbocycles. The minimum absolute atomic E-state index is 0.0894. The van der Waals surface area contributed by atoms with Crippen molar-refractivity contribution in [1.82, 2.24) is 9.97 Å². The first kappa shape index (κ1) is 13.5. The van der Waals surface area contributed by atoms with Crippen LogP contribution in [-0.4, -0.2) is 21.9 Å². The Kier molecular flexibility index (Phi) is 4.10. The second-order valence-corrected chi connectivity index (χ2v) is 4.58. The average molecular weight is 372 g/mol. The van der Waals surface area contributed by atoms with E-state index in [0.29, 0.717) is 5.75 Å². The van der Waals surface area contributed by atoms with Crippen LogP contribution >= 0.6 is 22.6 Å². The molecule has 0 aliphatic heterocycles. The highest BCUT2D eigenvalue weighted by Gasteiger charge is 2.24. The van der Waals surface area contributed by atoms with Gasteiger partial charge in [-0.15, -0.1) is 0 Å². The second-order valence-electron chi connectivity index (χ2n) is 3.42. The maximum absolute atomic E-state index is 11.1. The van der Waals surface area contributed by atoms with Crippen molar-refractivity contribution in [3.63, 3.8) is 0 Å². The zero-order valence-corrected chi connectivity index (χ0v) is 12.0. The lowest BCUT2D eigenvalue weighted by molar-refractivity contribution is -0.385. The lowest BCUT2D eigenvalue weighted by atomic mass is 10.3. The highest BCUT2D eigenvalue weighted by Crippen LogP contribution is 2.34. The number of para-hydroxylation sites is 1.